The van der Waals surface area contributed by atoms with Crippen LogP contribution < -0.4 is 0 Å². The number of H-pyrrole nitrogens is 1. The van der Waals surface area contributed by atoms with Gasteiger partial charge < -0.3 is 14.4 Å². The lowest BCUT2D eigenvalue weighted by atomic mass is 10.1. The predicted molar refractivity (Wildman–Crippen MR) is 92.6 cm³/mol. The Hall–Kier alpha value is -2.96. The highest BCUT2D eigenvalue weighted by Crippen LogP contribution is 2.40. The molecule has 0 spiro atoms. The quantitative estimate of drug-likeness (QED) is 0.577. The number of benzene rings is 1. The second-order valence-corrected chi connectivity index (χ2v) is 7.00. The average molecular weight is 350 g/mol. The van der Waals surface area contributed by atoms with Gasteiger partial charge in [-0.25, -0.2) is 0 Å². The Bertz CT molecular complexity index is 1000. The van der Waals surface area contributed by atoms with E-state index < -0.39 is 11.7 Å². The Labute approximate surface area is 149 Å². The van der Waals surface area contributed by atoms with Crippen LogP contribution in [0.3, 0.4) is 0 Å². The Morgan fingerprint density at radius 2 is 2.04 bits per heavy atom. The fraction of sp³-hybridized carbons (Fsp3) is 0.368. The zero-order chi connectivity index (χ0) is 17.7. The summed E-state index contributed by atoms with van der Waals surface area (Å²) in [5, 5.41) is 4.80. The van der Waals surface area contributed by atoms with Crippen molar-refractivity contribution in [3.8, 4) is 0 Å². The lowest BCUT2D eigenvalue weighted by Gasteiger charge is -2.20. The van der Waals surface area contributed by atoms with Gasteiger partial charge in [0.15, 0.2) is 5.82 Å². The van der Waals surface area contributed by atoms with Gasteiger partial charge in [0.1, 0.15) is 6.04 Å². The SMILES string of the molecule is O=C(C(=O)N1CCCC1c1nc(C2CC2)no1)c1c[nH]c2ccccc12. The number of rotatable bonds is 4. The predicted octanol–water partition coefficient (Wildman–Crippen LogP) is 2.97. The molecule has 1 unspecified atom stereocenters. The summed E-state index contributed by atoms with van der Waals surface area (Å²) in [6.07, 6.45) is 5.34. The molecule has 2 fully saturated rings. The molecule has 1 amide bonds. The Morgan fingerprint density at radius 3 is 2.88 bits per heavy atom. The Balaban J connectivity index is 1.42. The molecule has 2 aliphatic rings. The van der Waals surface area contributed by atoms with Crippen LogP contribution in [-0.4, -0.2) is 38.3 Å². The van der Waals surface area contributed by atoms with Gasteiger partial charge in [-0.15, -0.1) is 0 Å². The zero-order valence-corrected chi connectivity index (χ0v) is 14.1. The van der Waals surface area contributed by atoms with Crippen molar-refractivity contribution in [3.05, 3.63) is 47.7 Å². The molecule has 132 valence electrons. The van der Waals surface area contributed by atoms with E-state index in [4.69, 9.17) is 4.52 Å². The molecule has 0 radical (unpaired) electrons. The number of para-hydroxylation sites is 1. The van der Waals surface area contributed by atoms with Crippen LogP contribution in [-0.2, 0) is 4.79 Å². The van der Waals surface area contributed by atoms with Crippen LogP contribution in [0.5, 0.6) is 0 Å². The number of fused-ring (bicyclic) bond motifs is 1. The van der Waals surface area contributed by atoms with Crippen LogP contribution in [0, 0.1) is 0 Å². The fourth-order valence-electron chi connectivity index (χ4n) is 3.66. The maximum absolute atomic E-state index is 12.9. The maximum Gasteiger partial charge on any atom is 0.295 e. The van der Waals surface area contributed by atoms with Crippen molar-refractivity contribution in [2.75, 3.05) is 6.54 Å². The van der Waals surface area contributed by atoms with Gasteiger partial charge in [-0.05, 0) is 31.7 Å². The second kappa shape index (κ2) is 5.79. The highest BCUT2D eigenvalue weighted by molar-refractivity contribution is 6.44. The van der Waals surface area contributed by atoms with E-state index in [1.807, 2.05) is 24.3 Å². The number of carbonyl (C=O) groups is 2. The van der Waals surface area contributed by atoms with Crippen LogP contribution in [0.2, 0.25) is 0 Å². The summed E-state index contributed by atoms with van der Waals surface area (Å²) in [7, 11) is 0. The van der Waals surface area contributed by atoms with Crippen molar-refractivity contribution >= 4 is 22.6 Å². The minimum Gasteiger partial charge on any atom is -0.360 e. The number of likely N-dealkylation sites (tertiary alicyclic amines) is 1. The number of aromatic nitrogens is 3. The van der Waals surface area contributed by atoms with E-state index in [2.05, 4.69) is 15.1 Å². The molecule has 3 heterocycles. The van der Waals surface area contributed by atoms with Gasteiger partial charge >= 0.3 is 0 Å². The minimum absolute atomic E-state index is 0.309. The van der Waals surface area contributed by atoms with Crippen molar-refractivity contribution in [3.63, 3.8) is 0 Å². The third-order valence-electron chi connectivity index (χ3n) is 5.23. The summed E-state index contributed by atoms with van der Waals surface area (Å²) in [5.74, 6) is 0.553. The lowest BCUT2D eigenvalue weighted by Crippen LogP contribution is -2.36. The first-order chi connectivity index (χ1) is 12.7. The van der Waals surface area contributed by atoms with Gasteiger partial charge in [-0.3, -0.25) is 9.59 Å². The molecule has 2 aromatic heterocycles. The minimum atomic E-state index is -0.511. The maximum atomic E-state index is 12.9. The molecule has 1 aliphatic heterocycles. The molecule has 3 aromatic rings. The summed E-state index contributed by atoms with van der Waals surface area (Å²) in [6, 6.07) is 7.16. The van der Waals surface area contributed by atoms with Crippen LogP contribution in [0.1, 0.15) is 59.7 Å². The third-order valence-corrected chi connectivity index (χ3v) is 5.23. The zero-order valence-electron chi connectivity index (χ0n) is 14.1. The van der Waals surface area contributed by atoms with Crippen LogP contribution in [0.25, 0.3) is 10.9 Å². The van der Waals surface area contributed by atoms with E-state index in [1.54, 1.807) is 11.1 Å². The second-order valence-electron chi connectivity index (χ2n) is 7.00. The van der Waals surface area contributed by atoms with Crippen LogP contribution in [0.4, 0.5) is 0 Å². The fourth-order valence-corrected chi connectivity index (χ4v) is 3.66. The topological polar surface area (TPSA) is 92.1 Å². The van der Waals surface area contributed by atoms with Gasteiger partial charge in [0.25, 0.3) is 11.7 Å². The first-order valence-corrected chi connectivity index (χ1v) is 8.97. The summed E-state index contributed by atoms with van der Waals surface area (Å²) in [5.41, 5.74) is 1.24. The van der Waals surface area contributed by atoms with Crippen molar-refractivity contribution in [2.24, 2.45) is 0 Å². The summed E-state index contributed by atoms with van der Waals surface area (Å²) < 4.78 is 5.40. The molecule has 7 heteroatoms. The normalized spacial score (nSPS) is 20.0. The monoisotopic (exact) mass is 350 g/mol. The molecule has 5 rings (SSSR count). The van der Waals surface area contributed by atoms with Crippen LogP contribution in [0.15, 0.2) is 35.0 Å². The highest BCUT2D eigenvalue weighted by Gasteiger charge is 2.38. The summed E-state index contributed by atoms with van der Waals surface area (Å²) >= 11 is 0. The Kier molecular flexibility index (Phi) is 3.41. The van der Waals surface area contributed by atoms with Crippen molar-refractivity contribution in [2.45, 2.75) is 37.6 Å². The molecule has 1 N–H and O–H groups in total. The van der Waals surface area contributed by atoms with Gasteiger partial charge in [0.2, 0.25) is 5.89 Å². The van der Waals surface area contributed by atoms with Gasteiger partial charge in [-0.2, -0.15) is 4.98 Å². The van der Waals surface area contributed by atoms with Crippen molar-refractivity contribution < 1.29 is 14.1 Å². The van der Waals surface area contributed by atoms with Gasteiger partial charge in [-0.1, -0.05) is 23.4 Å². The molecular weight excluding hydrogens is 332 g/mol. The van der Waals surface area contributed by atoms with Crippen LogP contribution >= 0.6 is 0 Å². The summed E-state index contributed by atoms with van der Waals surface area (Å²) in [4.78, 5) is 34.8. The Morgan fingerprint density at radius 1 is 1.19 bits per heavy atom. The smallest absolute Gasteiger partial charge is 0.295 e. The number of amides is 1. The van der Waals surface area contributed by atoms with Crippen molar-refractivity contribution in [1.29, 1.82) is 0 Å². The van der Waals surface area contributed by atoms with Crippen molar-refractivity contribution in [1.82, 2.24) is 20.0 Å². The van der Waals surface area contributed by atoms with E-state index in [0.717, 1.165) is 42.4 Å². The molecule has 1 atom stereocenters. The average Bonchev–Trinajstić information content (AvgIpc) is 3.09. The highest BCUT2D eigenvalue weighted by atomic mass is 16.5. The molecule has 1 saturated heterocycles. The van der Waals surface area contributed by atoms with Gasteiger partial charge in [0, 0.05) is 29.6 Å². The largest absolute Gasteiger partial charge is 0.360 e. The molecule has 1 saturated carbocycles. The number of Topliss-reactive ketones (excluding diaryl/α,β-unsaturated/α-hetero) is 1. The summed E-state index contributed by atoms with van der Waals surface area (Å²) in [6.45, 7) is 0.527. The molecular formula is C19H18N4O3. The van der Waals surface area contributed by atoms with E-state index in [0.29, 0.717) is 23.9 Å². The number of carbonyl (C=O) groups excluding carboxylic acids is 2. The van der Waals surface area contributed by atoms with E-state index in [1.165, 1.54) is 0 Å². The third kappa shape index (κ3) is 2.42. The molecule has 26 heavy (non-hydrogen) atoms. The van der Waals surface area contributed by atoms with E-state index in [-0.39, 0.29) is 6.04 Å². The first-order valence-electron chi connectivity index (χ1n) is 8.97. The lowest BCUT2D eigenvalue weighted by molar-refractivity contribution is -0.127. The molecule has 0 bridgehead atoms. The van der Waals surface area contributed by atoms with Gasteiger partial charge in [0.05, 0.1) is 5.56 Å². The molecule has 7 nitrogen and oxygen atoms in total. The van der Waals surface area contributed by atoms with E-state index in [9.17, 15) is 9.59 Å². The number of aromatic amines is 1. The number of nitrogens with one attached hydrogen (secondary N) is 1. The van der Waals surface area contributed by atoms with E-state index >= 15 is 0 Å². The standard InChI is InChI=1S/C19H18N4O3/c24-16(13-10-20-14-5-2-1-4-12(13)14)19(25)23-9-3-6-15(23)18-21-17(22-26-18)11-7-8-11/h1-2,4-5,10-11,15,20H,3,6-9H2. The molecule has 1 aromatic carbocycles. The molecule has 1 aliphatic carbocycles. The number of hydrogen-bond donors (Lipinski definition) is 1. The number of hydrogen-bond acceptors (Lipinski definition) is 5. The number of nitrogens with zero attached hydrogens (tertiary/aromatic N) is 3. The number of ketones is 1. The first kappa shape index (κ1) is 15.3.